The second-order valence-electron chi connectivity index (χ2n) is 31.8. The first kappa shape index (κ1) is 100.0. The Kier molecular flexibility index (Phi) is 36.5. The number of fused-ring (bicyclic) bond motifs is 4. The van der Waals surface area contributed by atoms with Crippen molar-refractivity contribution < 1.29 is 91.2 Å². The Morgan fingerprint density at radius 2 is 0.707 bits per heavy atom. The third kappa shape index (κ3) is 33.6. The number of nitrogens with zero attached hydrogens (tertiary/aromatic N) is 16. The van der Waals surface area contributed by atoms with E-state index in [2.05, 4.69) is 62.4 Å². The Morgan fingerprint density at radius 3 is 1.02 bits per heavy atom. The number of imidazole rings is 4. The lowest BCUT2D eigenvalue weighted by molar-refractivity contribution is -0.143. The predicted molar refractivity (Wildman–Crippen MR) is 483 cm³/mol. The summed E-state index contributed by atoms with van der Waals surface area (Å²) in [4.78, 5) is 97.4. The zero-order valence-corrected chi connectivity index (χ0v) is 73.5. The SMILES string of the molecule is CCCON=Cc1ccn2c(-c3cccc(CC(=O)CCC(F)(F)F)c3)cnc2c1.CN(C)CCON=Cc1ccn2c(-c3cccc(CC(=O)CCC(F)(F)F)c3)cnc2c1.CN1CCN(CCCON=Cc2ccn3c(-c4cccc(CC(=O)CCC(F)(F)F)c4)cnc3c2)CC1.O=C(CCC(F)(F)F)Cc1cccc(-c2cnc3cc(C=NOCc4cccnc4)ccn23)c1. The van der Waals surface area contributed by atoms with Gasteiger partial charge in [0.05, 0.1) is 98.1 Å². The highest BCUT2D eigenvalue weighted by Crippen LogP contribution is 2.32. The van der Waals surface area contributed by atoms with Gasteiger partial charge in [0, 0.05) is 178 Å². The van der Waals surface area contributed by atoms with Crippen molar-refractivity contribution in [2.45, 2.75) is 128 Å². The number of hydrogen-bond donors (Lipinski definition) is 0. The van der Waals surface area contributed by atoms with Crippen LogP contribution in [0.4, 0.5) is 52.7 Å². The predicted octanol–water partition coefficient (Wildman–Crippen LogP) is 19.4. The normalized spacial score (nSPS) is 13.0. The van der Waals surface area contributed by atoms with E-state index < -0.39 is 99.2 Å². The lowest BCUT2D eigenvalue weighted by Crippen LogP contribution is -2.44. The molecule has 13 aromatic rings. The van der Waals surface area contributed by atoms with E-state index in [1.807, 2.05) is 171 Å². The largest absolute Gasteiger partial charge is 0.396 e. The van der Waals surface area contributed by atoms with Crippen LogP contribution in [0, 0.1) is 0 Å². The number of carbonyl (C=O) groups excluding carboxylic acids is 4. The van der Waals surface area contributed by atoms with Gasteiger partial charge in [-0.05, 0) is 135 Å². The van der Waals surface area contributed by atoms with Crippen LogP contribution in [0.1, 0.15) is 121 Å². The number of benzene rings is 4. The number of hydrogen-bond acceptors (Lipinski definition) is 20. The monoisotopic (exact) mass is 1840 g/mol. The van der Waals surface area contributed by atoms with Gasteiger partial charge in [-0.3, -0.25) is 41.8 Å². The highest BCUT2D eigenvalue weighted by atomic mass is 19.4. The fourth-order valence-corrected chi connectivity index (χ4v) is 13.8. The average molecular weight is 1850 g/mol. The molecular formula is C97H100F12N16O8. The van der Waals surface area contributed by atoms with E-state index in [0.29, 0.717) is 60.0 Å². The topological polar surface area (TPSA) is 246 Å². The number of alkyl halides is 12. The molecule has 14 rings (SSSR count). The summed E-state index contributed by atoms with van der Waals surface area (Å²) in [6.07, 6.45) is 2.20. The third-order valence-corrected chi connectivity index (χ3v) is 20.7. The highest BCUT2D eigenvalue weighted by Gasteiger charge is 2.31. The molecular weight excluding hydrogens is 1750 g/mol. The minimum atomic E-state index is -4.33. The van der Waals surface area contributed by atoms with Crippen LogP contribution in [-0.4, -0.2) is 210 Å². The van der Waals surface area contributed by atoms with Crippen LogP contribution < -0.4 is 0 Å². The maximum atomic E-state index is 12.4. The Labute approximate surface area is 759 Å². The summed E-state index contributed by atoms with van der Waals surface area (Å²) in [5, 5.41) is 15.9. The van der Waals surface area contributed by atoms with Crippen LogP contribution in [0.2, 0.25) is 0 Å². The van der Waals surface area contributed by atoms with Crippen molar-refractivity contribution in [3.8, 4) is 45.0 Å². The second-order valence-corrected chi connectivity index (χ2v) is 31.8. The average Bonchev–Trinajstić information content (AvgIpc) is 1.67. The summed E-state index contributed by atoms with van der Waals surface area (Å²) in [6, 6.07) is 47.6. The molecule has 0 unspecified atom stereocenters. The molecule has 9 aromatic heterocycles. The summed E-state index contributed by atoms with van der Waals surface area (Å²) < 4.78 is 156. The van der Waals surface area contributed by atoms with Crippen molar-refractivity contribution in [3.63, 3.8) is 0 Å². The highest BCUT2D eigenvalue weighted by molar-refractivity contribution is 5.87. The van der Waals surface area contributed by atoms with Crippen molar-refractivity contribution in [3.05, 3.63) is 270 Å². The maximum Gasteiger partial charge on any atom is 0.389 e. The molecule has 0 atom stereocenters. The molecule has 10 heterocycles. The van der Waals surface area contributed by atoms with E-state index >= 15 is 0 Å². The summed E-state index contributed by atoms with van der Waals surface area (Å²) in [5.41, 5.74) is 16.3. The molecule has 0 radical (unpaired) electrons. The van der Waals surface area contributed by atoms with Gasteiger partial charge in [-0.2, -0.15) is 52.7 Å². The minimum Gasteiger partial charge on any atom is -0.396 e. The van der Waals surface area contributed by atoms with Crippen LogP contribution in [0.5, 0.6) is 0 Å². The van der Waals surface area contributed by atoms with Crippen molar-refractivity contribution >= 4 is 70.6 Å². The minimum absolute atomic E-state index is 0.0287. The van der Waals surface area contributed by atoms with Gasteiger partial charge in [0.2, 0.25) is 0 Å². The van der Waals surface area contributed by atoms with E-state index in [-0.39, 0.29) is 25.7 Å². The van der Waals surface area contributed by atoms with E-state index in [1.54, 1.807) is 117 Å². The molecule has 1 aliphatic rings. The summed E-state index contributed by atoms with van der Waals surface area (Å²) in [5.74, 6) is -1.74. The Morgan fingerprint density at radius 1 is 0.391 bits per heavy atom. The second kappa shape index (κ2) is 48.5. The van der Waals surface area contributed by atoms with Gasteiger partial charge in [0.25, 0.3) is 0 Å². The number of likely N-dealkylation sites (N-methyl/N-ethyl adjacent to an activating group) is 2. The van der Waals surface area contributed by atoms with E-state index in [4.69, 9.17) is 19.4 Å². The van der Waals surface area contributed by atoms with Gasteiger partial charge in [-0.1, -0.05) is 106 Å². The molecule has 133 heavy (non-hydrogen) atoms. The first-order valence-corrected chi connectivity index (χ1v) is 42.9. The number of aromatic nitrogens is 9. The number of piperazine rings is 1. The molecule has 36 heteroatoms. The fourth-order valence-electron chi connectivity index (χ4n) is 13.8. The van der Waals surface area contributed by atoms with Crippen LogP contribution in [0.15, 0.2) is 240 Å². The van der Waals surface area contributed by atoms with Gasteiger partial charge < -0.3 is 34.1 Å². The molecule has 1 fully saturated rings. The molecule has 700 valence electrons. The van der Waals surface area contributed by atoms with E-state index in [9.17, 15) is 71.9 Å². The van der Waals surface area contributed by atoms with Crippen LogP contribution in [0.25, 0.3) is 67.6 Å². The van der Waals surface area contributed by atoms with Crippen LogP contribution in [-0.2, 0) is 70.8 Å². The quantitative estimate of drug-likeness (QED) is 0.0150. The lowest BCUT2D eigenvalue weighted by Gasteiger charge is -2.32. The number of ketones is 4. The van der Waals surface area contributed by atoms with Gasteiger partial charge in [-0.15, -0.1) is 0 Å². The van der Waals surface area contributed by atoms with Gasteiger partial charge in [-0.25, -0.2) is 19.9 Å². The van der Waals surface area contributed by atoms with Gasteiger partial charge >= 0.3 is 24.7 Å². The Hall–Kier alpha value is -13.6. The standard InChI is InChI=1S/C27H32F3N5O2.C25H21F3N4O2.C23H25F3N4O2.C22H22F3N3O2/c1-33-11-13-34(14-12-33)9-3-15-37-32-19-22-7-10-35-25(20-31-26(35)18-22)23-5-2-4-21(16-23)17-24(36)6-8-27(28,29)30;26-25(27,28)8-6-22(33)12-18-3-1-5-21(11-18)23-16-30-24-13-19(7-10-32(23)24)15-31-34-17-20-4-2-9-29-14-20;1-29(2)10-11-32-28-15-18-7-9-30-21(16-27-22(30)14-18)19-5-3-4-17(12-19)13-20(31)6-8-23(24,25)26;1-2-10-30-27-14-17-7-9-28-20(15-26-21(28)13-17)18-5-3-4-16(11-18)12-19(29)6-8-22(23,24)25/h2,4-5,7,10,16,18-20H,3,6,8-9,11-15,17H2,1H3;1-5,7,9-11,13-16H,6,8,12,17H2;3-5,7,9,12,14-16H,6,8,10-11,13H2,1-2H3;3-5,7,9,11,13-15H,2,6,8,10,12H2,1H3. The van der Waals surface area contributed by atoms with Gasteiger partial charge in [0.15, 0.2) is 0 Å². The number of oxime groups is 4. The van der Waals surface area contributed by atoms with Crippen LogP contribution >= 0.6 is 0 Å². The molecule has 1 aliphatic heterocycles. The van der Waals surface area contributed by atoms with Crippen molar-refractivity contribution in [1.82, 2.24) is 57.2 Å². The molecule has 0 amide bonds. The van der Waals surface area contributed by atoms with Crippen LogP contribution in [0.3, 0.4) is 0 Å². The molecule has 0 N–H and O–H groups in total. The van der Waals surface area contributed by atoms with E-state index in [0.717, 1.165) is 136 Å². The number of Topliss-reactive ketones (excluding diaryl/α,β-unsaturated/α-hetero) is 4. The number of pyridine rings is 5. The third-order valence-electron chi connectivity index (χ3n) is 20.7. The lowest BCUT2D eigenvalue weighted by atomic mass is 10.0. The zero-order valence-electron chi connectivity index (χ0n) is 73.5. The first-order chi connectivity index (χ1) is 63.7. The smallest absolute Gasteiger partial charge is 0.389 e. The number of halogens is 12. The maximum absolute atomic E-state index is 12.4. The zero-order chi connectivity index (χ0) is 94.9. The first-order valence-electron chi connectivity index (χ1n) is 42.9. The van der Waals surface area contributed by atoms with Crippen molar-refractivity contribution in [1.29, 1.82) is 0 Å². The molecule has 1 saturated heterocycles. The summed E-state index contributed by atoms with van der Waals surface area (Å²) in [7, 11) is 6.06. The molecule has 4 aromatic carbocycles. The summed E-state index contributed by atoms with van der Waals surface area (Å²) in [6.45, 7) is 10.1. The fraction of sp³-hybridized carbons (Fsp3) is 0.330. The Balaban J connectivity index is 0.000000171. The molecule has 24 nitrogen and oxygen atoms in total. The molecule has 0 bridgehead atoms. The number of carbonyl (C=O) groups is 4. The summed E-state index contributed by atoms with van der Waals surface area (Å²) >= 11 is 0. The van der Waals surface area contributed by atoms with Crippen molar-refractivity contribution in [2.24, 2.45) is 20.6 Å². The molecule has 0 saturated carbocycles. The van der Waals surface area contributed by atoms with Gasteiger partial charge in [0.1, 0.15) is 72.1 Å². The Bertz CT molecular complexity index is 6110. The van der Waals surface area contributed by atoms with E-state index in [1.165, 1.54) is 0 Å². The number of rotatable bonds is 39. The van der Waals surface area contributed by atoms with Crippen molar-refractivity contribution in [2.75, 3.05) is 80.2 Å². The molecule has 0 aliphatic carbocycles. The molecule has 0 spiro atoms.